The summed E-state index contributed by atoms with van der Waals surface area (Å²) in [5, 5.41) is 3.86. The molecule has 0 heterocycles. The van der Waals surface area contributed by atoms with Crippen molar-refractivity contribution in [2.24, 2.45) is 0 Å². The molecule has 0 aromatic heterocycles. The van der Waals surface area contributed by atoms with Crippen molar-refractivity contribution in [3.05, 3.63) is 92.9 Å². The van der Waals surface area contributed by atoms with Gasteiger partial charge in [0, 0.05) is 28.5 Å². The molecule has 0 saturated carbocycles. The fraction of sp³-hybridized carbons (Fsp3) is 0.333. The molecule has 3 rings (SSSR count). The standard InChI is InChI=1S/C30H34Cl3N3O5S/c1-30(2,3)34-29(38)26(15-20-9-7-6-8-10-20)35(18-21-11-12-22(31)16-24(21)32)28(37)19-36(42(5,39)40)23-13-14-27(41-4)25(33)17-23/h6-14,16-17,26H,15,18-19H2,1-5H3,(H,34,38)/t26-/m1/s1. The van der Waals surface area contributed by atoms with E-state index >= 15 is 0 Å². The Balaban J connectivity index is 2.11. The summed E-state index contributed by atoms with van der Waals surface area (Å²) in [5.41, 5.74) is 0.917. The van der Waals surface area contributed by atoms with Gasteiger partial charge in [-0.25, -0.2) is 8.42 Å². The van der Waals surface area contributed by atoms with Crippen molar-refractivity contribution >= 4 is 62.3 Å². The smallest absolute Gasteiger partial charge is 0.244 e. The minimum Gasteiger partial charge on any atom is -0.495 e. The van der Waals surface area contributed by atoms with Crippen LogP contribution in [0.2, 0.25) is 15.1 Å². The second kappa shape index (κ2) is 14.0. The number of hydrogen-bond donors (Lipinski definition) is 1. The zero-order chi connectivity index (χ0) is 31.2. The highest BCUT2D eigenvalue weighted by atomic mass is 35.5. The zero-order valence-electron chi connectivity index (χ0n) is 24.0. The summed E-state index contributed by atoms with van der Waals surface area (Å²) in [6.45, 7) is 4.84. The van der Waals surface area contributed by atoms with Crippen LogP contribution in [0.4, 0.5) is 5.69 Å². The van der Waals surface area contributed by atoms with E-state index in [0.717, 1.165) is 16.1 Å². The number of ether oxygens (including phenoxy) is 1. The molecule has 42 heavy (non-hydrogen) atoms. The third-order valence-corrected chi connectivity index (χ3v) is 8.25. The van der Waals surface area contributed by atoms with Gasteiger partial charge < -0.3 is 15.0 Å². The molecule has 3 aromatic rings. The number of halogens is 3. The molecule has 0 spiro atoms. The first kappa shape index (κ1) is 33.5. The summed E-state index contributed by atoms with van der Waals surface area (Å²) >= 11 is 18.9. The summed E-state index contributed by atoms with van der Waals surface area (Å²) in [5.74, 6) is -0.674. The highest BCUT2D eigenvalue weighted by Gasteiger charge is 2.34. The molecule has 0 bridgehead atoms. The van der Waals surface area contributed by atoms with Gasteiger partial charge in [0.15, 0.2) is 0 Å². The molecule has 0 aliphatic rings. The minimum atomic E-state index is -3.96. The molecule has 0 unspecified atom stereocenters. The number of methoxy groups -OCH3 is 1. The molecule has 0 aliphatic heterocycles. The minimum absolute atomic E-state index is 0.0785. The van der Waals surface area contributed by atoms with E-state index in [1.54, 1.807) is 18.2 Å². The quantitative estimate of drug-likeness (QED) is 0.275. The molecule has 0 fully saturated rings. The number of benzene rings is 3. The number of hydrogen-bond acceptors (Lipinski definition) is 5. The van der Waals surface area contributed by atoms with Crippen LogP contribution in [0, 0.1) is 0 Å². The lowest BCUT2D eigenvalue weighted by atomic mass is 10.0. The highest BCUT2D eigenvalue weighted by Crippen LogP contribution is 2.31. The maximum atomic E-state index is 14.2. The third-order valence-electron chi connectivity index (χ3n) is 6.23. The Kier molecular flexibility index (Phi) is 11.2. The maximum absolute atomic E-state index is 14.2. The van der Waals surface area contributed by atoms with Crippen LogP contribution in [0.1, 0.15) is 31.9 Å². The topological polar surface area (TPSA) is 96.0 Å². The highest BCUT2D eigenvalue weighted by molar-refractivity contribution is 7.92. The third kappa shape index (κ3) is 9.26. The average Bonchev–Trinajstić information content (AvgIpc) is 2.89. The van der Waals surface area contributed by atoms with Gasteiger partial charge >= 0.3 is 0 Å². The molecule has 226 valence electrons. The number of nitrogens with zero attached hydrogens (tertiary/aromatic N) is 2. The first-order valence-corrected chi connectivity index (χ1v) is 16.0. The molecule has 1 N–H and O–H groups in total. The molecular weight excluding hydrogens is 621 g/mol. The number of sulfonamides is 1. The van der Waals surface area contributed by atoms with Crippen molar-refractivity contribution in [2.45, 2.75) is 45.3 Å². The number of rotatable bonds is 11. The molecule has 0 saturated heterocycles. The number of anilines is 1. The summed E-state index contributed by atoms with van der Waals surface area (Å²) in [4.78, 5) is 29.3. The van der Waals surface area contributed by atoms with Gasteiger partial charge in [0.25, 0.3) is 0 Å². The van der Waals surface area contributed by atoms with Gasteiger partial charge in [-0.1, -0.05) is 71.2 Å². The van der Waals surface area contributed by atoms with Gasteiger partial charge in [-0.05, 0) is 62.2 Å². The van der Waals surface area contributed by atoms with Gasteiger partial charge in [0.05, 0.1) is 24.1 Å². The van der Waals surface area contributed by atoms with E-state index < -0.39 is 40.0 Å². The molecule has 2 amide bonds. The van der Waals surface area contributed by atoms with Crippen molar-refractivity contribution in [1.29, 1.82) is 0 Å². The fourth-order valence-corrected chi connectivity index (χ4v) is 5.83. The predicted octanol–water partition coefficient (Wildman–Crippen LogP) is 5.98. The molecule has 0 aliphatic carbocycles. The SMILES string of the molecule is COc1ccc(N(CC(=O)N(Cc2ccc(Cl)cc2Cl)[C@H](Cc2ccccc2)C(=O)NC(C)(C)C)S(C)(=O)=O)cc1Cl. The molecular formula is C30H34Cl3N3O5S. The molecule has 1 atom stereocenters. The van der Waals surface area contributed by atoms with Crippen molar-refractivity contribution in [3.8, 4) is 5.75 Å². The second-order valence-corrected chi connectivity index (χ2v) is 13.9. The van der Waals surface area contributed by atoms with Crippen LogP contribution in [0.15, 0.2) is 66.7 Å². The maximum Gasteiger partial charge on any atom is 0.244 e. The fourth-order valence-electron chi connectivity index (χ4n) is 4.26. The van der Waals surface area contributed by atoms with Gasteiger partial charge in [0.1, 0.15) is 18.3 Å². The summed E-state index contributed by atoms with van der Waals surface area (Å²) in [6, 6.07) is 17.5. The van der Waals surface area contributed by atoms with Crippen LogP contribution >= 0.6 is 34.8 Å². The van der Waals surface area contributed by atoms with Crippen molar-refractivity contribution in [2.75, 3.05) is 24.2 Å². The van der Waals surface area contributed by atoms with Gasteiger partial charge in [-0.2, -0.15) is 0 Å². The van der Waals surface area contributed by atoms with Crippen LogP contribution in [0.25, 0.3) is 0 Å². The van der Waals surface area contributed by atoms with Crippen LogP contribution in [-0.4, -0.2) is 56.6 Å². The first-order valence-electron chi connectivity index (χ1n) is 13.0. The number of carbonyl (C=O) groups excluding carboxylic acids is 2. The number of amides is 2. The van der Waals surface area contributed by atoms with Crippen molar-refractivity contribution in [3.63, 3.8) is 0 Å². The Morgan fingerprint density at radius 2 is 1.62 bits per heavy atom. The molecule has 8 nitrogen and oxygen atoms in total. The number of carbonyl (C=O) groups is 2. The van der Waals surface area contributed by atoms with Crippen molar-refractivity contribution < 1.29 is 22.7 Å². The average molecular weight is 655 g/mol. The van der Waals surface area contributed by atoms with Crippen LogP contribution in [-0.2, 0) is 32.6 Å². The zero-order valence-corrected chi connectivity index (χ0v) is 27.1. The molecule has 12 heteroatoms. The van der Waals surface area contributed by atoms with Crippen molar-refractivity contribution in [1.82, 2.24) is 10.2 Å². The van der Waals surface area contributed by atoms with E-state index in [-0.39, 0.29) is 23.7 Å². The summed E-state index contributed by atoms with van der Waals surface area (Å²) in [6.07, 6.45) is 1.17. The van der Waals surface area contributed by atoms with E-state index in [4.69, 9.17) is 39.5 Å². The Bertz CT molecular complexity index is 1530. The lowest BCUT2D eigenvalue weighted by molar-refractivity contribution is -0.140. The summed E-state index contributed by atoms with van der Waals surface area (Å²) < 4.78 is 32.0. The Hall–Kier alpha value is -2.98. The largest absolute Gasteiger partial charge is 0.495 e. The van der Waals surface area contributed by atoms with Crippen LogP contribution in [0.3, 0.4) is 0 Å². The second-order valence-electron chi connectivity index (χ2n) is 10.8. The van der Waals surface area contributed by atoms with Gasteiger partial charge in [0.2, 0.25) is 21.8 Å². The lowest BCUT2D eigenvalue weighted by Crippen LogP contribution is -2.56. The van der Waals surface area contributed by atoms with Gasteiger partial charge in [-0.15, -0.1) is 0 Å². The van der Waals surface area contributed by atoms with E-state index in [0.29, 0.717) is 21.4 Å². The molecule has 3 aromatic carbocycles. The summed E-state index contributed by atoms with van der Waals surface area (Å²) in [7, 11) is -2.52. The van der Waals surface area contributed by atoms with E-state index in [2.05, 4.69) is 5.32 Å². The number of nitrogens with one attached hydrogen (secondary N) is 1. The Morgan fingerprint density at radius 1 is 0.952 bits per heavy atom. The Labute approximate surface area is 262 Å². The van der Waals surface area contributed by atoms with Gasteiger partial charge in [-0.3, -0.25) is 13.9 Å². The molecule has 0 radical (unpaired) electrons. The van der Waals surface area contributed by atoms with E-state index in [1.807, 2.05) is 51.1 Å². The van der Waals surface area contributed by atoms with Crippen LogP contribution in [0.5, 0.6) is 5.75 Å². The van der Waals surface area contributed by atoms with E-state index in [1.165, 1.54) is 30.2 Å². The van der Waals surface area contributed by atoms with E-state index in [9.17, 15) is 18.0 Å². The Morgan fingerprint density at radius 3 is 2.17 bits per heavy atom. The monoisotopic (exact) mass is 653 g/mol. The first-order chi connectivity index (χ1) is 19.6. The lowest BCUT2D eigenvalue weighted by Gasteiger charge is -2.35. The predicted molar refractivity (Wildman–Crippen MR) is 169 cm³/mol. The van der Waals surface area contributed by atoms with Crippen LogP contribution < -0.4 is 14.4 Å². The normalized spacial score (nSPS) is 12.4.